The maximum Gasteiger partial charge on any atom is 0.370 e. The van der Waals surface area contributed by atoms with Gasteiger partial charge in [-0.3, -0.25) is 18.9 Å². The topological polar surface area (TPSA) is 126 Å². The summed E-state index contributed by atoms with van der Waals surface area (Å²) in [6, 6.07) is 0.835. The van der Waals surface area contributed by atoms with E-state index < -0.39 is 42.8 Å². The molecular formula is C14H19N2O8P. The number of rotatable bonds is 7. The number of aromatic amines is 1. The van der Waals surface area contributed by atoms with Crippen LogP contribution in [0.1, 0.15) is 12.5 Å². The first kappa shape index (κ1) is 19.3. The molecule has 10 nitrogen and oxygen atoms in total. The summed E-state index contributed by atoms with van der Waals surface area (Å²) in [5.41, 5.74) is -1.06. The maximum atomic E-state index is 12.5. The molecule has 138 valence electrons. The summed E-state index contributed by atoms with van der Waals surface area (Å²) in [4.78, 5) is 37.0. The van der Waals surface area contributed by atoms with Crippen LogP contribution in [0.4, 0.5) is 0 Å². The van der Waals surface area contributed by atoms with Crippen molar-refractivity contribution in [3.63, 3.8) is 0 Å². The van der Waals surface area contributed by atoms with Crippen LogP contribution in [0.2, 0.25) is 0 Å². The van der Waals surface area contributed by atoms with Crippen molar-refractivity contribution in [1.29, 1.82) is 0 Å². The predicted octanol–water partition coefficient (Wildman–Crippen LogP) is 0.408. The number of aromatic nitrogens is 2. The summed E-state index contributed by atoms with van der Waals surface area (Å²) in [6.45, 7) is 0. The van der Waals surface area contributed by atoms with Crippen LogP contribution >= 0.6 is 7.60 Å². The van der Waals surface area contributed by atoms with Gasteiger partial charge in [0.25, 0.3) is 11.4 Å². The van der Waals surface area contributed by atoms with E-state index in [4.69, 9.17) is 13.8 Å². The summed E-state index contributed by atoms with van der Waals surface area (Å²) in [5, 5.41) is 0. The number of H-pyrrole nitrogens is 1. The van der Waals surface area contributed by atoms with Gasteiger partial charge in [-0.15, -0.1) is 0 Å². The van der Waals surface area contributed by atoms with E-state index in [9.17, 15) is 18.9 Å². The van der Waals surface area contributed by atoms with Gasteiger partial charge in [0.15, 0.2) is 0 Å². The molecule has 1 heterocycles. The molecule has 0 aromatic carbocycles. The zero-order valence-corrected chi connectivity index (χ0v) is 14.8. The molecule has 0 saturated carbocycles. The van der Waals surface area contributed by atoms with Crippen molar-refractivity contribution in [3.8, 4) is 0 Å². The smallest absolute Gasteiger partial charge is 0.370 e. The van der Waals surface area contributed by atoms with Crippen LogP contribution in [-0.2, 0) is 27.9 Å². The molecule has 1 aromatic rings. The first-order valence-electron chi connectivity index (χ1n) is 7.29. The van der Waals surface area contributed by atoms with Gasteiger partial charge in [0.2, 0.25) is 0 Å². The molecule has 25 heavy (non-hydrogen) atoms. The van der Waals surface area contributed by atoms with Crippen molar-refractivity contribution in [2.75, 3.05) is 21.3 Å². The number of ether oxygens (including phenoxy) is 2. The lowest BCUT2D eigenvalue weighted by Gasteiger charge is -2.25. The molecule has 1 N–H and O–H groups in total. The van der Waals surface area contributed by atoms with Gasteiger partial charge in [-0.05, 0) is 0 Å². The molecule has 11 heteroatoms. The summed E-state index contributed by atoms with van der Waals surface area (Å²) < 4.78 is 33.6. The van der Waals surface area contributed by atoms with Gasteiger partial charge in [0, 0.05) is 32.9 Å². The number of methoxy groups -OCH3 is 1. The summed E-state index contributed by atoms with van der Waals surface area (Å²) in [6.07, 6.45) is 4.32. The monoisotopic (exact) mass is 374 g/mol. The molecule has 2 rings (SSSR count). The summed E-state index contributed by atoms with van der Waals surface area (Å²) >= 11 is 0. The second-order valence-electron chi connectivity index (χ2n) is 5.16. The van der Waals surface area contributed by atoms with E-state index in [1.807, 2.05) is 0 Å². The number of hydrogen-bond donors (Lipinski definition) is 1. The number of hydrogen-bond acceptors (Lipinski definition) is 8. The summed E-state index contributed by atoms with van der Waals surface area (Å²) in [7, 11) is -0.473. The van der Waals surface area contributed by atoms with Crippen LogP contribution in [0, 0.1) is 0 Å². The van der Waals surface area contributed by atoms with Gasteiger partial charge >= 0.3 is 19.3 Å². The van der Waals surface area contributed by atoms with E-state index in [0.717, 1.165) is 21.3 Å². The van der Waals surface area contributed by atoms with E-state index in [1.165, 1.54) is 16.8 Å². The zero-order chi connectivity index (χ0) is 18.6. The minimum atomic E-state index is -3.87. The molecule has 1 aliphatic rings. The fourth-order valence-electron chi connectivity index (χ4n) is 2.43. The van der Waals surface area contributed by atoms with Crippen LogP contribution < -0.4 is 11.2 Å². The first-order chi connectivity index (χ1) is 11.8. The summed E-state index contributed by atoms with van der Waals surface area (Å²) in [5.74, 6) is -2.46. The van der Waals surface area contributed by atoms with Crippen LogP contribution in [0.25, 0.3) is 0 Å². The van der Waals surface area contributed by atoms with Crippen molar-refractivity contribution in [2.24, 2.45) is 0 Å². The van der Waals surface area contributed by atoms with Crippen LogP contribution in [0.15, 0.2) is 34.0 Å². The third-order valence-corrected chi connectivity index (χ3v) is 5.66. The highest BCUT2D eigenvalue weighted by atomic mass is 31.2. The minimum absolute atomic E-state index is 0.285. The quantitative estimate of drug-likeness (QED) is 0.413. The lowest BCUT2D eigenvalue weighted by atomic mass is 10.2. The molecule has 1 aromatic heterocycles. The molecule has 0 amide bonds. The highest BCUT2D eigenvalue weighted by Gasteiger charge is 2.44. The maximum absolute atomic E-state index is 12.5. The zero-order valence-electron chi connectivity index (χ0n) is 13.9. The van der Waals surface area contributed by atoms with Gasteiger partial charge < -0.3 is 18.5 Å². The first-order valence-corrected chi connectivity index (χ1v) is 8.90. The Morgan fingerprint density at radius 3 is 2.52 bits per heavy atom. The Hall–Kier alpha value is -2.00. The molecule has 1 aliphatic carbocycles. The van der Waals surface area contributed by atoms with Crippen LogP contribution in [-0.4, -0.2) is 48.8 Å². The molecule has 0 bridgehead atoms. The average Bonchev–Trinajstić information content (AvgIpc) is 3.06. The van der Waals surface area contributed by atoms with Crippen LogP contribution in [0.3, 0.4) is 0 Å². The van der Waals surface area contributed by atoms with Crippen molar-refractivity contribution >= 4 is 13.6 Å². The number of allylic oxidation sites excluding steroid dienone is 1. The predicted molar refractivity (Wildman–Crippen MR) is 86.4 cm³/mol. The largest absolute Gasteiger partial charge is 0.467 e. The molecule has 0 saturated heterocycles. The number of carbonyl (C=O) groups excluding carboxylic acids is 1. The van der Waals surface area contributed by atoms with Crippen molar-refractivity contribution in [3.05, 3.63) is 45.3 Å². The van der Waals surface area contributed by atoms with Gasteiger partial charge in [-0.25, -0.2) is 9.59 Å². The fraction of sp³-hybridized carbons (Fsp3) is 0.500. The van der Waals surface area contributed by atoms with Crippen molar-refractivity contribution < 1.29 is 27.9 Å². The molecule has 0 aliphatic heterocycles. The molecule has 0 spiro atoms. The molecule has 0 radical (unpaired) electrons. The van der Waals surface area contributed by atoms with Gasteiger partial charge in [-0.1, -0.05) is 12.2 Å². The van der Waals surface area contributed by atoms with Gasteiger partial charge in [-0.2, -0.15) is 0 Å². The van der Waals surface area contributed by atoms with E-state index in [0.29, 0.717) is 0 Å². The van der Waals surface area contributed by atoms with E-state index in [-0.39, 0.29) is 6.42 Å². The van der Waals surface area contributed by atoms with Gasteiger partial charge in [0.05, 0.1) is 19.3 Å². The second kappa shape index (κ2) is 7.92. The second-order valence-corrected chi connectivity index (χ2v) is 7.44. The normalized spacial score (nSPS) is 21.2. The van der Waals surface area contributed by atoms with E-state index in [1.54, 1.807) is 12.2 Å². The third kappa shape index (κ3) is 4.16. The Kier molecular flexibility index (Phi) is 6.12. The highest BCUT2D eigenvalue weighted by molar-refractivity contribution is 7.55. The molecule has 1 unspecified atom stereocenters. The lowest BCUT2D eigenvalue weighted by Crippen LogP contribution is -2.33. The Balaban J connectivity index is 2.16. The molecule has 0 fully saturated rings. The van der Waals surface area contributed by atoms with Gasteiger partial charge in [0.1, 0.15) is 0 Å². The SMILES string of the molecule is COC(=O)C(O[C@H]1C=C[C@@H](n2ccc(=O)[nH]c2=O)C1)P(=O)(OC)OC. The van der Waals surface area contributed by atoms with E-state index in [2.05, 4.69) is 9.72 Å². The minimum Gasteiger partial charge on any atom is -0.467 e. The fourth-order valence-corrected chi connectivity index (χ4v) is 3.64. The third-order valence-electron chi connectivity index (χ3n) is 3.73. The average molecular weight is 374 g/mol. The molecular weight excluding hydrogens is 355 g/mol. The number of esters is 1. The Bertz CT molecular complexity index is 806. The highest BCUT2D eigenvalue weighted by Crippen LogP contribution is 2.53. The van der Waals surface area contributed by atoms with Crippen molar-refractivity contribution in [2.45, 2.75) is 24.4 Å². The standard InChI is InChI=1S/C14H19N2O8P/c1-21-12(18)13(25(20,22-2)23-3)24-10-5-4-9(8-10)16-7-6-11(17)15-14(16)19/h4-7,9-10,13H,8H2,1-3H3,(H,15,17,19)/t9-,10+,13?/m1/s1. The van der Waals surface area contributed by atoms with Crippen molar-refractivity contribution in [1.82, 2.24) is 9.55 Å². The lowest BCUT2D eigenvalue weighted by molar-refractivity contribution is -0.151. The van der Waals surface area contributed by atoms with Crippen LogP contribution in [0.5, 0.6) is 0 Å². The number of nitrogens with one attached hydrogen (secondary N) is 1. The van der Waals surface area contributed by atoms with E-state index >= 15 is 0 Å². The Morgan fingerprint density at radius 2 is 1.96 bits per heavy atom. The number of nitrogens with zero attached hydrogens (tertiary/aromatic N) is 1. The number of carbonyl (C=O) groups is 1. The Morgan fingerprint density at radius 1 is 1.28 bits per heavy atom. The molecule has 3 atom stereocenters. The Labute approximate surface area is 142 Å².